The summed E-state index contributed by atoms with van der Waals surface area (Å²) >= 11 is 0. The van der Waals surface area contributed by atoms with Gasteiger partial charge in [-0.15, -0.1) is 12.4 Å². The molecule has 108 valence electrons. The van der Waals surface area contributed by atoms with Crippen LogP contribution in [0.2, 0.25) is 0 Å². The summed E-state index contributed by atoms with van der Waals surface area (Å²) in [7, 11) is 0. The van der Waals surface area contributed by atoms with Gasteiger partial charge in [0.15, 0.2) is 0 Å². The number of rotatable bonds is 1. The van der Waals surface area contributed by atoms with Crippen LogP contribution in [0, 0.1) is 0 Å². The number of benzene rings is 2. The minimum absolute atomic E-state index is 0. The number of ether oxygens (including phenoxy) is 1. The van der Waals surface area contributed by atoms with Gasteiger partial charge in [0.2, 0.25) is 0 Å². The number of cyclic esters (lactones) is 1. The molecule has 4 heteroatoms. The zero-order valence-electron chi connectivity index (χ0n) is 11.5. The van der Waals surface area contributed by atoms with E-state index in [-0.39, 0.29) is 24.5 Å². The van der Waals surface area contributed by atoms with Gasteiger partial charge in [-0.1, -0.05) is 42.5 Å². The third-order valence-corrected chi connectivity index (χ3v) is 4.15. The van der Waals surface area contributed by atoms with Crippen LogP contribution in [0.5, 0.6) is 0 Å². The molecule has 1 saturated heterocycles. The van der Waals surface area contributed by atoms with Crippen molar-refractivity contribution >= 4 is 18.5 Å². The Kier molecular flexibility index (Phi) is 3.60. The Morgan fingerprint density at radius 3 is 2.71 bits per heavy atom. The number of halogens is 1. The second-order valence-electron chi connectivity index (χ2n) is 5.37. The molecular weight excluding hydrogens is 286 g/mol. The summed E-state index contributed by atoms with van der Waals surface area (Å²) in [6.07, 6.45) is 1.50. The Morgan fingerprint density at radius 2 is 1.86 bits per heavy atom. The van der Waals surface area contributed by atoms with Crippen molar-refractivity contribution in [3.63, 3.8) is 0 Å². The van der Waals surface area contributed by atoms with Crippen LogP contribution in [0.25, 0.3) is 11.1 Å². The van der Waals surface area contributed by atoms with E-state index >= 15 is 0 Å². The van der Waals surface area contributed by atoms with Gasteiger partial charge >= 0.3 is 6.09 Å². The van der Waals surface area contributed by atoms with Gasteiger partial charge in [0.1, 0.15) is 0 Å². The Bertz CT molecular complexity index is 699. The third kappa shape index (κ3) is 2.38. The lowest BCUT2D eigenvalue weighted by molar-refractivity contribution is 0.115. The summed E-state index contributed by atoms with van der Waals surface area (Å²) in [5.41, 5.74) is 6.57. The number of carbonyl (C=O) groups is 1. The first-order chi connectivity index (χ1) is 9.81. The second kappa shape index (κ2) is 5.41. The van der Waals surface area contributed by atoms with Crippen molar-refractivity contribution in [1.82, 2.24) is 5.32 Å². The van der Waals surface area contributed by atoms with Crippen LogP contribution in [0.3, 0.4) is 0 Å². The topological polar surface area (TPSA) is 38.3 Å². The summed E-state index contributed by atoms with van der Waals surface area (Å²) in [5.74, 6) is 0. The lowest BCUT2D eigenvalue weighted by atomic mass is 9.98. The van der Waals surface area contributed by atoms with E-state index in [4.69, 9.17) is 4.74 Å². The van der Waals surface area contributed by atoms with Crippen molar-refractivity contribution < 1.29 is 9.53 Å². The molecular formula is C17H16ClNO2. The Morgan fingerprint density at radius 1 is 1.05 bits per heavy atom. The molecule has 1 aliphatic carbocycles. The highest BCUT2D eigenvalue weighted by molar-refractivity contribution is 5.85. The molecule has 1 N–H and O–H groups in total. The van der Waals surface area contributed by atoms with Crippen molar-refractivity contribution in [2.24, 2.45) is 0 Å². The summed E-state index contributed by atoms with van der Waals surface area (Å²) in [4.78, 5) is 11.3. The molecule has 2 aromatic rings. The van der Waals surface area contributed by atoms with Crippen molar-refractivity contribution in [1.29, 1.82) is 0 Å². The van der Waals surface area contributed by atoms with Gasteiger partial charge in [-0.3, -0.25) is 0 Å². The predicted molar refractivity (Wildman–Crippen MR) is 83.8 cm³/mol. The third-order valence-electron chi connectivity index (χ3n) is 4.15. The number of carbonyl (C=O) groups excluding carboxylic acids is 1. The smallest absolute Gasteiger partial charge is 0.407 e. The first-order valence-electron chi connectivity index (χ1n) is 6.96. The SMILES string of the molecule is Cl.O=C1N[C@H](c2ccc3c(c2)Cc2ccccc2-3)CCO1. The van der Waals surface area contributed by atoms with E-state index < -0.39 is 0 Å². The highest BCUT2D eigenvalue weighted by atomic mass is 35.5. The van der Waals surface area contributed by atoms with E-state index in [9.17, 15) is 4.79 Å². The lowest BCUT2D eigenvalue weighted by Crippen LogP contribution is -2.35. The van der Waals surface area contributed by atoms with Gasteiger partial charge in [0, 0.05) is 6.42 Å². The van der Waals surface area contributed by atoms with Crippen molar-refractivity contribution in [3.8, 4) is 11.1 Å². The molecule has 21 heavy (non-hydrogen) atoms. The fourth-order valence-corrected chi connectivity index (χ4v) is 3.16. The largest absolute Gasteiger partial charge is 0.449 e. The first-order valence-corrected chi connectivity index (χ1v) is 6.96. The fraction of sp³-hybridized carbons (Fsp3) is 0.235. The van der Waals surface area contributed by atoms with E-state index in [1.54, 1.807) is 0 Å². The normalized spacial score (nSPS) is 18.9. The standard InChI is InChI=1S/C17H15NO2.ClH/c19-17-18-16(7-8-20-17)12-5-6-15-13(10-12)9-11-3-1-2-4-14(11)15;/h1-6,10,16H,7-9H2,(H,18,19);1H/t16-;/m0./s1. The number of amides is 1. The minimum Gasteiger partial charge on any atom is -0.449 e. The molecule has 1 atom stereocenters. The molecule has 1 fully saturated rings. The molecule has 2 aromatic carbocycles. The molecule has 0 bridgehead atoms. The minimum atomic E-state index is -0.315. The predicted octanol–water partition coefficient (Wildman–Crippen LogP) is 3.85. The van der Waals surface area contributed by atoms with Crippen LogP contribution in [-0.2, 0) is 11.2 Å². The number of hydrogen-bond acceptors (Lipinski definition) is 2. The molecule has 0 saturated carbocycles. The number of fused-ring (bicyclic) bond motifs is 3. The second-order valence-corrected chi connectivity index (χ2v) is 5.37. The zero-order chi connectivity index (χ0) is 13.5. The average molecular weight is 302 g/mol. The summed E-state index contributed by atoms with van der Waals surface area (Å²) in [6.45, 7) is 0.494. The lowest BCUT2D eigenvalue weighted by Gasteiger charge is -2.24. The highest BCUT2D eigenvalue weighted by Crippen LogP contribution is 2.37. The highest BCUT2D eigenvalue weighted by Gasteiger charge is 2.23. The fourth-order valence-electron chi connectivity index (χ4n) is 3.16. The molecule has 1 amide bonds. The average Bonchev–Trinajstić information content (AvgIpc) is 2.85. The van der Waals surface area contributed by atoms with Gasteiger partial charge in [0.05, 0.1) is 12.6 Å². The monoisotopic (exact) mass is 301 g/mol. The van der Waals surface area contributed by atoms with Gasteiger partial charge in [-0.2, -0.15) is 0 Å². The summed E-state index contributed by atoms with van der Waals surface area (Å²) in [6, 6.07) is 15.1. The van der Waals surface area contributed by atoms with E-state index in [1.165, 1.54) is 27.8 Å². The quantitative estimate of drug-likeness (QED) is 0.741. The van der Waals surface area contributed by atoms with E-state index in [2.05, 4.69) is 47.8 Å². The Labute approximate surface area is 129 Å². The zero-order valence-corrected chi connectivity index (χ0v) is 12.3. The molecule has 3 nitrogen and oxygen atoms in total. The van der Waals surface area contributed by atoms with Crippen molar-refractivity contribution in [3.05, 3.63) is 59.2 Å². The maximum absolute atomic E-state index is 11.3. The Hall–Kier alpha value is -2.00. The van der Waals surface area contributed by atoms with Gasteiger partial charge in [0.25, 0.3) is 0 Å². The molecule has 0 aromatic heterocycles. The van der Waals surface area contributed by atoms with E-state index in [0.717, 1.165) is 12.8 Å². The number of alkyl carbamates (subject to hydrolysis) is 1. The van der Waals surface area contributed by atoms with Crippen LogP contribution < -0.4 is 5.32 Å². The van der Waals surface area contributed by atoms with Gasteiger partial charge in [-0.25, -0.2) is 4.79 Å². The number of nitrogens with one attached hydrogen (secondary N) is 1. The summed E-state index contributed by atoms with van der Waals surface area (Å²) in [5, 5.41) is 2.88. The molecule has 0 radical (unpaired) electrons. The number of hydrogen-bond donors (Lipinski definition) is 1. The molecule has 2 aliphatic rings. The maximum Gasteiger partial charge on any atom is 0.407 e. The van der Waals surface area contributed by atoms with Crippen molar-refractivity contribution in [2.45, 2.75) is 18.9 Å². The van der Waals surface area contributed by atoms with Crippen LogP contribution in [0.15, 0.2) is 42.5 Å². The van der Waals surface area contributed by atoms with Crippen molar-refractivity contribution in [2.75, 3.05) is 6.61 Å². The Balaban J connectivity index is 0.00000132. The maximum atomic E-state index is 11.3. The van der Waals surface area contributed by atoms with Crippen LogP contribution in [-0.4, -0.2) is 12.7 Å². The molecule has 4 rings (SSSR count). The molecule has 0 spiro atoms. The van der Waals surface area contributed by atoms with Crippen LogP contribution in [0.4, 0.5) is 4.79 Å². The molecule has 1 heterocycles. The van der Waals surface area contributed by atoms with E-state index in [1.807, 2.05) is 0 Å². The van der Waals surface area contributed by atoms with Gasteiger partial charge in [-0.05, 0) is 34.2 Å². The molecule has 1 aliphatic heterocycles. The summed E-state index contributed by atoms with van der Waals surface area (Å²) < 4.78 is 4.92. The van der Waals surface area contributed by atoms with Gasteiger partial charge < -0.3 is 10.1 Å². The first kappa shape index (κ1) is 14.0. The van der Waals surface area contributed by atoms with E-state index in [0.29, 0.717) is 6.61 Å². The van der Waals surface area contributed by atoms with Crippen LogP contribution in [0.1, 0.15) is 29.2 Å². The molecule has 0 unspecified atom stereocenters. The van der Waals surface area contributed by atoms with Crippen LogP contribution >= 0.6 is 12.4 Å².